The van der Waals surface area contributed by atoms with Gasteiger partial charge in [0.1, 0.15) is 11.5 Å². The van der Waals surface area contributed by atoms with Crippen LogP contribution in [0.4, 0.5) is 0 Å². The quantitative estimate of drug-likeness (QED) is 0.810. The summed E-state index contributed by atoms with van der Waals surface area (Å²) in [5, 5.41) is 0. The highest BCUT2D eigenvalue weighted by atomic mass is 16.5. The van der Waals surface area contributed by atoms with Crippen molar-refractivity contribution in [2.45, 2.75) is 25.9 Å². The van der Waals surface area contributed by atoms with Crippen molar-refractivity contribution in [1.82, 2.24) is 0 Å². The summed E-state index contributed by atoms with van der Waals surface area (Å²) in [5.74, 6) is 1.99. The van der Waals surface area contributed by atoms with Gasteiger partial charge in [0.25, 0.3) is 0 Å². The van der Waals surface area contributed by atoms with Gasteiger partial charge in [-0.25, -0.2) is 0 Å². The van der Waals surface area contributed by atoms with Gasteiger partial charge in [0.15, 0.2) is 0 Å². The molecule has 0 heterocycles. The van der Waals surface area contributed by atoms with Crippen molar-refractivity contribution in [3.05, 3.63) is 23.3 Å². The van der Waals surface area contributed by atoms with Gasteiger partial charge >= 0.3 is 0 Å². The zero-order chi connectivity index (χ0) is 13.5. The highest BCUT2D eigenvalue weighted by Gasteiger charge is 2.15. The van der Waals surface area contributed by atoms with Crippen LogP contribution in [-0.4, -0.2) is 27.9 Å². The van der Waals surface area contributed by atoms with E-state index in [1.54, 1.807) is 21.3 Å². The van der Waals surface area contributed by atoms with E-state index in [2.05, 4.69) is 6.92 Å². The third kappa shape index (κ3) is 3.37. The molecular weight excluding hydrogens is 230 g/mol. The highest BCUT2D eigenvalue weighted by Crippen LogP contribution is 2.34. The Morgan fingerprint density at radius 2 is 1.67 bits per heavy atom. The molecule has 0 aromatic heterocycles. The van der Waals surface area contributed by atoms with Crippen molar-refractivity contribution in [3.8, 4) is 11.5 Å². The SMILES string of the molecule is COCc1c(OC)cc(C(C)CCN)cc1OC. The van der Waals surface area contributed by atoms with Crippen molar-refractivity contribution < 1.29 is 14.2 Å². The van der Waals surface area contributed by atoms with Crippen LogP contribution in [0.2, 0.25) is 0 Å². The van der Waals surface area contributed by atoms with E-state index in [1.165, 1.54) is 5.56 Å². The molecule has 1 rings (SSSR count). The summed E-state index contributed by atoms with van der Waals surface area (Å²) in [6.45, 7) is 3.29. The third-order valence-corrected chi connectivity index (χ3v) is 3.09. The first-order valence-electron chi connectivity index (χ1n) is 6.11. The third-order valence-electron chi connectivity index (χ3n) is 3.09. The highest BCUT2D eigenvalue weighted by molar-refractivity contribution is 5.48. The summed E-state index contributed by atoms with van der Waals surface area (Å²) < 4.78 is 16.0. The largest absolute Gasteiger partial charge is 0.496 e. The molecule has 0 aliphatic carbocycles. The van der Waals surface area contributed by atoms with Gasteiger partial charge in [0.05, 0.1) is 26.4 Å². The fourth-order valence-corrected chi connectivity index (χ4v) is 1.99. The number of rotatable bonds is 7. The Balaban J connectivity index is 3.16. The van der Waals surface area contributed by atoms with E-state index in [4.69, 9.17) is 19.9 Å². The zero-order valence-electron chi connectivity index (χ0n) is 11.7. The van der Waals surface area contributed by atoms with E-state index in [0.717, 1.165) is 23.5 Å². The molecule has 0 aliphatic heterocycles. The van der Waals surface area contributed by atoms with Gasteiger partial charge in [-0.2, -0.15) is 0 Å². The molecule has 0 radical (unpaired) electrons. The molecule has 4 heteroatoms. The summed E-state index contributed by atoms with van der Waals surface area (Å²) in [7, 11) is 4.97. The Kier molecular flexibility index (Phi) is 5.95. The standard InChI is InChI=1S/C14H23NO3/c1-10(5-6-15)11-7-13(17-3)12(9-16-2)14(8-11)18-4/h7-8,10H,5-6,9,15H2,1-4H3. The summed E-state index contributed by atoms with van der Waals surface area (Å²) in [6, 6.07) is 4.08. The normalized spacial score (nSPS) is 12.3. The van der Waals surface area contributed by atoms with Crippen molar-refractivity contribution in [2.75, 3.05) is 27.9 Å². The number of hydrogen-bond donors (Lipinski definition) is 1. The van der Waals surface area contributed by atoms with Crippen LogP contribution in [0.3, 0.4) is 0 Å². The molecule has 18 heavy (non-hydrogen) atoms. The van der Waals surface area contributed by atoms with Crippen molar-refractivity contribution >= 4 is 0 Å². The second-order valence-corrected chi connectivity index (χ2v) is 4.32. The van der Waals surface area contributed by atoms with Gasteiger partial charge in [-0.1, -0.05) is 6.92 Å². The first-order chi connectivity index (χ1) is 8.67. The fraction of sp³-hybridized carbons (Fsp3) is 0.571. The van der Waals surface area contributed by atoms with E-state index in [0.29, 0.717) is 19.1 Å². The monoisotopic (exact) mass is 253 g/mol. The van der Waals surface area contributed by atoms with Crippen LogP contribution in [0.5, 0.6) is 11.5 Å². The maximum Gasteiger partial charge on any atom is 0.128 e. The number of hydrogen-bond acceptors (Lipinski definition) is 4. The Morgan fingerprint density at radius 3 is 2.06 bits per heavy atom. The Morgan fingerprint density at radius 1 is 1.11 bits per heavy atom. The minimum Gasteiger partial charge on any atom is -0.496 e. The average molecular weight is 253 g/mol. The first kappa shape index (κ1) is 14.8. The molecule has 0 amide bonds. The molecule has 1 aromatic carbocycles. The maximum atomic E-state index is 5.60. The van der Waals surface area contributed by atoms with Crippen LogP contribution < -0.4 is 15.2 Å². The minimum atomic E-state index is 0.384. The van der Waals surface area contributed by atoms with E-state index < -0.39 is 0 Å². The van der Waals surface area contributed by atoms with Gasteiger partial charge < -0.3 is 19.9 Å². The van der Waals surface area contributed by atoms with Crippen LogP contribution in [0, 0.1) is 0 Å². The zero-order valence-corrected chi connectivity index (χ0v) is 11.7. The van der Waals surface area contributed by atoms with Gasteiger partial charge in [0.2, 0.25) is 0 Å². The molecule has 0 bridgehead atoms. The molecule has 0 spiro atoms. The van der Waals surface area contributed by atoms with Gasteiger partial charge in [0, 0.05) is 7.11 Å². The van der Waals surface area contributed by atoms with E-state index >= 15 is 0 Å². The van der Waals surface area contributed by atoms with Crippen LogP contribution in [0.15, 0.2) is 12.1 Å². The minimum absolute atomic E-state index is 0.384. The molecule has 1 unspecified atom stereocenters. The van der Waals surface area contributed by atoms with Crippen molar-refractivity contribution in [1.29, 1.82) is 0 Å². The molecule has 0 aliphatic rings. The van der Waals surface area contributed by atoms with Crippen molar-refractivity contribution in [3.63, 3.8) is 0 Å². The average Bonchev–Trinajstić information content (AvgIpc) is 2.39. The topological polar surface area (TPSA) is 53.7 Å². The molecule has 2 N–H and O–H groups in total. The molecule has 102 valence electrons. The van der Waals surface area contributed by atoms with Crippen LogP contribution in [0.25, 0.3) is 0 Å². The Bertz CT molecular complexity index is 354. The second kappa shape index (κ2) is 7.24. The van der Waals surface area contributed by atoms with Crippen LogP contribution >= 0.6 is 0 Å². The number of benzene rings is 1. The summed E-state index contributed by atoms with van der Waals surface area (Å²) in [4.78, 5) is 0. The first-order valence-corrected chi connectivity index (χ1v) is 6.11. The number of methoxy groups -OCH3 is 3. The Labute approximate surface area is 109 Å². The van der Waals surface area contributed by atoms with Gasteiger partial charge in [-0.3, -0.25) is 0 Å². The lowest BCUT2D eigenvalue weighted by atomic mass is 9.95. The number of ether oxygens (including phenoxy) is 3. The molecule has 0 saturated heterocycles. The van der Waals surface area contributed by atoms with Crippen LogP contribution in [0.1, 0.15) is 30.4 Å². The van der Waals surface area contributed by atoms with Crippen molar-refractivity contribution in [2.24, 2.45) is 5.73 Å². The summed E-state index contributed by atoms with van der Waals surface area (Å²) >= 11 is 0. The predicted molar refractivity (Wildman–Crippen MR) is 72.3 cm³/mol. The molecule has 1 aromatic rings. The lowest BCUT2D eigenvalue weighted by Crippen LogP contribution is -2.06. The summed E-state index contributed by atoms with van der Waals surface area (Å²) in [5.41, 5.74) is 7.71. The van der Waals surface area contributed by atoms with Crippen LogP contribution in [-0.2, 0) is 11.3 Å². The second-order valence-electron chi connectivity index (χ2n) is 4.32. The molecule has 0 fully saturated rings. The lowest BCUT2D eigenvalue weighted by molar-refractivity contribution is 0.178. The Hall–Kier alpha value is -1.26. The van der Waals surface area contributed by atoms with Gasteiger partial charge in [-0.05, 0) is 36.6 Å². The predicted octanol–water partition coefficient (Wildman–Crippen LogP) is 2.30. The molecular formula is C14H23NO3. The molecule has 1 atom stereocenters. The molecule has 0 saturated carbocycles. The maximum absolute atomic E-state index is 5.60. The lowest BCUT2D eigenvalue weighted by Gasteiger charge is -2.18. The smallest absolute Gasteiger partial charge is 0.128 e. The van der Waals surface area contributed by atoms with E-state index in [1.807, 2.05) is 12.1 Å². The van der Waals surface area contributed by atoms with E-state index in [-0.39, 0.29) is 0 Å². The fourth-order valence-electron chi connectivity index (χ4n) is 1.99. The number of nitrogens with two attached hydrogens (primary N) is 1. The molecule has 4 nitrogen and oxygen atoms in total. The van der Waals surface area contributed by atoms with E-state index in [9.17, 15) is 0 Å². The summed E-state index contributed by atoms with van der Waals surface area (Å²) in [6.07, 6.45) is 0.940. The van der Waals surface area contributed by atoms with Gasteiger partial charge in [-0.15, -0.1) is 0 Å².